The normalized spacial score (nSPS) is 13.5. The molecule has 2 rings (SSSR count). The summed E-state index contributed by atoms with van der Waals surface area (Å²) < 4.78 is 23.6. The van der Waals surface area contributed by atoms with Crippen molar-refractivity contribution in [1.82, 2.24) is 0 Å². The summed E-state index contributed by atoms with van der Waals surface area (Å²) in [5.41, 5.74) is 5.10. The van der Waals surface area contributed by atoms with Gasteiger partial charge in [-0.25, -0.2) is 0 Å². The molecular weight excluding hydrogens is 335 g/mol. The standard InChI is InChI=1S/C20H25O4P/c1-7-24-25(22,23-6)18-11-9-8-10-17(18)20(21)19-14(3)12-13(2)15(4)16(19)5/h8-12H,7H2,1-6H3. The third-order valence-electron chi connectivity index (χ3n) is 4.57. The highest BCUT2D eigenvalue weighted by Gasteiger charge is 2.31. The maximum absolute atomic E-state index is 13.3. The minimum Gasteiger partial charge on any atom is -0.309 e. The van der Waals surface area contributed by atoms with Gasteiger partial charge in [0.05, 0.1) is 11.9 Å². The van der Waals surface area contributed by atoms with E-state index in [2.05, 4.69) is 0 Å². The second kappa shape index (κ2) is 7.65. The van der Waals surface area contributed by atoms with Crippen LogP contribution in [0.4, 0.5) is 0 Å². The van der Waals surface area contributed by atoms with Crippen molar-refractivity contribution in [1.29, 1.82) is 0 Å². The Morgan fingerprint density at radius 1 is 1.04 bits per heavy atom. The summed E-state index contributed by atoms with van der Waals surface area (Å²) in [5.74, 6) is -0.161. The fourth-order valence-corrected chi connectivity index (χ4v) is 4.58. The third-order valence-corrected chi connectivity index (χ3v) is 6.63. The predicted octanol–water partition coefficient (Wildman–Crippen LogP) is 4.65. The topological polar surface area (TPSA) is 52.6 Å². The van der Waals surface area contributed by atoms with Crippen molar-refractivity contribution in [3.8, 4) is 0 Å². The second-order valence-electron chi connectivity index (χ2n) is 6.08. The Bertz CT molecular complexity index is 855. The molecule has 0 aliphatic heterocycles. The van der Waals surface area contributed by atoms with Crippen LogP contribution >= 0.6 is 7.60 Å². The molecule has 0 fully saturated rings. The molecule has 0 amide bonds. The number of hydrogen-bond acceptors (Lipinski definition) is 4. The molecule has 0 N–H and O–H groups in total. The van der Waals surface area contributed by atoms with Crippen LogP contribution in [0, 0.1) is 27.7 Å². The zero-order valence-corrected chi connectivity index (χ0v) is 16.6. The summed E-state index contributed by atoms with van der Waals surface area (Å²) in [6.07, 6.45) is 0. The fraction of sp³-hybridized carbons (Fsp3) is 0.350. The highest BCUT2D eigenvalue weighted by atomic mass is 31.2. The highest BCUT2D eigenvalue weighted by Crippen LogP contribution is 2.47. The zero-order chi connectivity index (χ0) is 18.8. The summed E-state index contributed by atoms with van der Waals surface area (Å²) >= 11 is 0. The van der Waals surface area contributed by atoms with Gasteiger partial charge < -0.3 is 9.05 Å². The van der Waals surface area contributed by atoms with Gasteiger partial charge in [-0.2, -0.15) is 0 Å². The molecule has 0 saturated heterocycles. The van der Waals surface area contributed by atoms with Crippen LogP contribution < -0.4 is 5.30 Å². The fourth-order valence-electron chi connectivity index (χ4n) is 3.06. The quantitative estimate of drug-likeness (QED) is 0.556. The predicted molar refractivity (Wildman–Crippen MR) is 101 cm³/mol. The molecule has 0 heterocycles. The van der Waals surface area contributed by atoms with Crippen LogP contribution in [-0.2, 0) is 13.6 Å². The molecule has 0 saturated carbocycles. The smallest absolute Gasteiger partial charge is 0.309 e. The summed E-state index contributed by atoms with van der Waals surface area (Å²) in [4.78, 5) is 13.3. The minimum absolute atomic E-state index is 0.161. The van der Waals surface area contributed by atoms with E-state index >= 15 is 0 Å². The molecule has 2 aromatic carbocycles. The summed E-state index contributed by atoms with van der Waals surface area (Å²) in [7, 11) is -2.20. The van der Waals surface area contributed by atoms with Crippen LogP contribution in [0.5, 0.6) is 0 Å². The Kier molecular flexibility index (Phi) is 5.99. The Morgan fingerprint density at radius 2 is 1.68 bits per heavy atom. The van der Waals surface area contributed by atoms with Crippen molar-refractivity contribution < 1.29 is 18.4 Å². The molecule has 4 nitrogen and oxygen atoms in total. The minimum atomic E-state index is -3.54. The lowest BCUT2D eigenvalue weighted by molar-refractivity contribution is 0.103. The summed E-state index contributed by atoms with van der Waals surface area (Å²) in [6, 6.07) is 8.82. The molecular formula is C20H25O4P. The summed E-state index contributed by atoms with van der Waals surface area (Å²) in [6.45, 7) is 9.89. The van der Waals surface area contributed by atoms with Gasteiger partial charge in [0.15, 0.2) is 5.78 Å². The molecule has 1 unspecified atom stereocenters. The monoisotopic (exact) mass is 360 g/mol. The van der Waals surface area contributed by atoms with Crippen LogP contribution in [0.15, 0.2) is 30.3 Å². The van der Waals surface area contributed by atoms with E-state index in [-0.39, 0.29) is 12.4 Å². The highest BCUT2D eigenvalue weighted by molar-refractivity contribution is 7.62. The molecule has 0 aliphatic rings. The van der Waals surface area contributed by atoms with Crippen LogP contribution in [0.3, 0.4) is 0 Å². The number of aryl methyl sites for hydroxylation is 2. The first-order valence-corrected chi connectivity index (χ1v) is 9.83. The lowest BCUT2D eigenvalue weighted by Gasteiger charge is -2.20. The van der Waals surface area contributed by atoms with Gasteiger partial charge in [0, 0.05) is 18.2 Å². The van der Waals surface area contributed by atoms with Crippen molar-refractivity contribution in [3.05, 3.63) is 63.7 Å². The van der Waals surface area contributed by atoms with Crippen molar-refractivity contribution in [2.75, 3.05) is 13.7 Å². The van der Waals surface area contributed by atoms with Crippen LogP contribution in [0.2, 0.25) is 0 Å². The molecule has 0 aliphatic carbocycles. The number of hydrogen-bond donors (Lipinski definition) is 0. The van der Waals surface area contributed by atoms with Gasteiger partial charge in [0.2, 0.25) is 0 Å². The lowest BCUT2D eigenvalue weighted by atomic mass is 9.89. The number of rotatable bonds is 6. The van der Waals surface area contributed by atoms with E-state index in [0.29, 0.717) is 16.4 Å². The average Bonchev–Trinajstić information content (AvgIpc) is 2.59. The van der Waals surface area contributed by atoms with Crippen molar-refractivity contribution in [2.45, 2.75) is 34.6 Å². The SMILES string of the molecule is CCOP(=O)(OC)c1ccccc1C(=O)c1c(C)cc(C)c(C)c1C. The number of ketones is 1. The van der Waals surface area contributed by atoms with E-state index in [9.17, 15) is 9.36 Å². The van der Waals surface area contributed by atoms with Gasteiger partial charge in [-0.15, -0.1) is 0 Å². The van der Waals surface area contributed by atoms with Gasteiger partial charge in [-0.05, 0) is 62.9 Å². The first-order valence-electron chi connectivity index (χ1n) is 8.28. The Labute approximate surface area is 149 Å². The molecule has 0 aromatic heterocycles. The van der Waals surface area contributed by atoms with Crippen LogP contribution in [0.25, 0.3) is 0 Å². The Hall–Kier alpha value is -1.74. The van der Waals surface area contributed by atoms with E-state index in [1.54, 1.807) is 31.2 Å². The van der Waals surface area contributed by atoms with Gasteiger partial charge in [0.25, 0.3) is 0 Å². The van der Waals surface area contributed by atoms with E-state index in [1.165, 1.54) is 7.11 Å². The van der Waals surface area contributed by atoms with E-state index in [4.69, 9.17) is 9.05 Å². The van der Waals surface area contributed by atoms with Crippen molar-refractivity contribution >= 4 is 18.7 Å². The maximum Gasteiger partial charge on any atom is 0.361 e. The first-order chi connectivity index (χ1) is 11.8. The van der Waals surface area contributed by atoms with Gasteiger partial charge in [-0.3, -0.25) is 9.36 Å². The molecule has 5 heteroatoms. The second-order valence-corrected chi connectivity index (χ2v) is 8.18. The Balaban J connectivity index is 2.68. The van der Waals surface area contributed by atoms with Crippen LogP contribution in [-0.4, -0.2) is 19.5 Å². The number of carbonyl (C=O) groups is 1. The first kappa shape index (κ1) is 19.6. The Morgan fingerprint density at radius 3 is 2.28 bits per heavy atom. The van der Waals surface area contributed by atoms with Gasteiger partial charge >= 0.3 is 7.60 Å². The molecule has 1 atom stereocenters. The van der Waals surface area contributed by atoms with Crippen LogP contribution in [0.1, 0.15) is 45.1 Å². The van der Waals surface area contributed by atoms with E-state index in [1.807, 2.05) is 33.8 Å². The molecule has 0 radical (unpaired) electrons. The molecule has 0 bridgehead atoms. The molecule has 134 valence electrons. The molecule has 2 aromatic rings. The maximum atomic E-state index is 13.3. The van der Waals surface area contributed by atoms with E-state index < -0.39 is 7.60 Å². The molecule has 25 heavy (non-hydrogen) atoms. The lowest BCUT2D eigenvalue weighted by Crippen LogP contribution is -2.20. The number of benzene rings is 2. The van der Waals surface area contributed by atoms with Gasteiger partial charge in [-0.1, -0.05) is 24.3 Å². The number of carbonyl (C=O) groups excluding carboxylic acids is 1. The summed E-state index contributed by atoms with van der Waals surface area (Å²) in [5, 5.41) is 0.307. The van der Waals surface area contributed by atoms with Crippen molar-refractivity contribution in [3.63, 3.8) is 0 Å². The largest absolute Gasteiger partial charge is 0.361 e. The van der Waals surface area contributed by atoms with Crippen molar-refractivity contribution in [2.24, 2.45) is 0 Å². The third kappa shape index (κ3) is 3.62. The average molecular weight is 360 g/mol. The van der Waals surface area contributed by atoms with E-state index in [0.717, 1.165) is 22.3 Å². The van der Waals surface area contributed by atoms with Gasteiger partial charge in [0.1, 0.15) is 0 Å². The zero-order valence-electron chi connectivity index (χ0n) is 15.7. The molecule has 0 spiro atoms.